The van der Waals surface area contributed by atoms with Crippen LogP contribution in [0.2, 0.25) is 10.0 Å². The summed E-state index contributed by atoms with van der Waals surface area (Å²) in [6.45, 7) is 5.87. The number of halogens is 2. The number of ketones is 1. The van der Waals surface area contributed by atoms with Gasteiger partial charge in [-0.05, 0) is 69.5 Å². The van der Waals surface area contributed by atoms with E-state index in [9.17, 15) is 9.59 Å². The first-order chi connectivity index (χ1) is 16.6. The van der Waals surface area contributed by atoms with Crippen molar-refractivity contribution in [3.8, 4) is 0 Å². The number of aromatic nitrogens is 2. The molecule has 8 heteroatoms. The summed E-state index contributed by atoms with van der Waals surface area (Å²) in [6, 6.07) is 11.2. The van der Waals surface area contributed by atoms with E-state index in [2.05, 4.69) is 15.3 Å². The van der Waals surface area contributed by atoms with Crippen LogP contribution in [0.5, 0.6) is 0 Å². The predicted molar refractivity (Wildman–Crippen MR) is 142 cm³/mol. The zero-order chi connectivity index (χ0) is 25.2. The van der Waals surface area contributed by atoms with Crippen molar-refractivity contribution >= 4 is 56.9 Å². The Balaban J connectivity index is 1.48. The van der Waals surface area contributed by atoms with Gasteiger partial charge >= 0.3 is 6.09 Å². The molecular formula is C27H29Cl2N3O3. The summed E-state index contributed by atoms with van der Waals surface area (Å²) in [5.74, 6) is 0.0451. The van der Waals surface area contributed by atoms with Gasteiger partial charge in [0, 0.05) is 68.7 Å². The normalized spacial score (nSPS) is 12.7. The maximum atomic E-state index is 13.0. The van der Waals surface area contributed by atoms with E-state index < -0.39 is 11.7 Å². The molecule has 2 aromatic carbocycles. The lowest BCUT2D eigenvalue weighted by atomic mass is 9.92. The molecule has 1 atom stereocenters. The summed E-state index contributed by atoms with van der Waals surface area (Å²) in [5, 5.41) is 6.04. The summed E-state index contributed by atoms with van der Waals surface area (Å²) in [4.78, 5) is 31.7. The first-order valence-corrected chi connectivity index (χ1v) is 12.4. The number of alkyl carbamates (subject to hydrolysis) is 1. The zero-order valence-electron chi connectivity index (χ0n) is 20.0. The predicted octanol–water partition coefficient (Wildman–Crippen LogP) is 7.62. The van der Waals surface area contributed by atoms with Crippen molar-refractivity contribution in [2.75, 3.05) is 6.54 Å². The number of rotatable bonds is 8. The van der Waals surface area contributed by atoms with E-state index in [-0.39, 0.29) is 11.7 Å². The van der Waals surface area contributed by atoms with Gasteiger partial charge in [0.15, 0.2) is 5.78 Å². The minimum atomic E-state index is -0.579. The summed E-state index contributed by atoms with van der Waals surface area (Å²) >= 11 is 12.3. The SMILES string of the molecule is CC(C)(C)OC(=O)NCC(CCCC(=O)c1c[nH]c2cc(Cl)ccc12)c1c[nH]c2ccc(Cl)cc12. The van der Waals surface area contributed by atoms with Crippen LogP contribution in [0.15, 0.2) is 48.8 Å². The Bertz CT molecular complexity index is 1370. The number of hydrogen-bond acceptors (Lipinski definition) is 3. The van der Waals surface area contributed by atoms with Crippen LogP contribution in [-0.2, 0) is 4.74 Å². The molecule has 3 N–H and O–H groups in total. The summed E-state index contributed by atoms with van der Waals surface area (Å²) in [5.41, 5.74) is 2.95. The molecule has 1 unspecified atom stereocenters. The van der Waals surface area contributed by atoms with E-state index in [0.717, 1.165) is 27.4 Å². The van der Waals surface area contributed by atoms with Gasteiger partial charge in [0.2, 0.25) is 0 Å². The Morgan fingerprint density at radius 3 is 2.46 bits per heavy atom. The number of carbonyl (C=O) groups is 2. The number of amides is 1. The maximum absolute atomic E-state index is 13.0. The highest BCUT2D eigenvalue weighted by molar-refractivity contribution is 6.31. The van der Waals surface area contributed by atoms with Crippen LogP contribution in [0.1, 0.15) is 61.9 Å². The Kier molecular flexibility index (Phi) is 7.43. The molecule has 0 spiro atoms. The third-order valence-corrected chi connectivity index (χ3v) is 6.38. The molecule has 0 saturated heterocycles. The quantitative estimate of drug-likeness (QED) is 0.212. The van der Waals surface area contributed by atoms with Gasteiger partial charge in [-0.1, -0.05) is 29.3 Å². The van der Waals surface area contributed by atoms with Gasteiger partial charge < -0.3 is 20.0 Å². The number of H-pyrrole nitrogens is 2. The highest BCUT2D eigenvalue weighted by Crippen LogP contribution is 2.31. The third-order valence-electron chi connectivity index (χ3n) is 5.91. The van der Waals surface area contributed by atoms with E-state index >= 15 is 0 Å². The van der Waals surface area contributed by atoms with Crippen molar-refractivity contribution in [2.24, 2.45) is 0 Å². The standard InChI is InChI=1S/C27H29Cl2N3O3/c1-27(2,3)35-26(34)32-13-16(21-14-30-23-10-8-17(28)11-20(21)23)5-4-6-25(33)22-15-31-24-12-18(29)7-9-19(22)24/h7-12,14-16,30-31H,4-6,13H2,1-3H3,(H,32,34). The molecule has 35 heavy (non-hydrogen) atoms. The van der Waals surface area contributed by atoms with Gasteiger partial charge in [-0.25, -0.2) is 4.79 Å². The van der Waals surface area contributed by atoms with E-state index in [4.69, 9.17) is 27.9 Å². The van der Waals surface area contributed by atoms with Gasteiger partial charge in [0.1, 0.15) is 5.60 Å². The van der Waals surface area contributed by atoms with Gasteiger partial charge in [-0.2, -0.15) is 0 Å². The second-order valence-corrected chi connectivity index (χ2v) is 10.6. The van der Waals surface area contributed by atoms with Crippen LogP contribution in [0, 0.1) is 0 Å². The lowest BCUT2D eigenvalue weighted by molar-refractivity contribution is 0.0523. The molecule has 2 aromatic heterocycles. The molecule has 1 amide bonds. The van der Waals surface area contributed by atoms with Crippen LogP contribution >= 0.6 is 23.2 Å². The fourth-order valence-electron chi connectivity index (χ4n) is 4.31. The number of nitrogens with one attached hydrogen (secondary N) is 3. The van der Waals surface area contributed by atoms with E-state index in [0.29, 0.717) is 41.4 Å². The molecule has 0 aliphatic carbocycles. The topological polar surface area (TPSA) is 87.0 Å². The van der Waals surface area contributed by atoms with Gasteiger partial charge in [0.05, 0.1) is 0 Å². The van der Waals surface area contributed by atoms with Crippen LogP contribution in [0.3, 0.4) is 0 Å². The molecule has 0 aliphatic heterocycles. The van der Waals surface area contributed by atoms with Crippen molar-refractivity contribution in [1.29, 1.82) is 0 Å². The smallest absolute Gasteiger partial charge is 0.407 e. The number of hydrogen-bond donors (Lipinski definition) is 3. The van der Waals surface area contributed by atoms with Crippen molar-refractivity contribution in [2.45, 2.75) is 51.6 Å². The molecule has 4 aromatic rings. The molecule has 0 saturated carbocycles. The van der Waals surface area contributed by atoms with Crippen molar-refractivity contribution < 1.29 is 14.3 Å². The summed E-state index contributed by atoms with van der Waals surface area (Å²) < 4.78 is 5.41. The largest absolute Gasteiger partial charge is 0.444 e. The number of aromatic amines is 2. The van der Waals surface area contributed by atoms with Crippen LogP contribution in [0.25, 0.3) is 21.8 Å². The van der Waals surface area contributed by atoms with E-state index in [1.807, 2.05) is 57.3 Å². The fraction of sp³-hybridized carbons (Fsp3) is 0.333. The number of carbonyl (C=O) groups excluding carboxylic acids is 2. The Labute approximate surface area is 214 Å². The first-order valence-electron chi connectivity index (χ1n) is 11.6. The molecule has 2 heterocycles. The van der Waals surface area contributed by atoms with Crippen LogP contribution in [-0.4, -0.2) is 34.0 Å². The van der Waals surface area contributed by atoms with Crippen LogP contribution in [0.4, 0.5) is 4.79 Å². The number of benzene rings is 2. The van der Waals surface area contributed by atoms with E-state index in [1.165, 1.54) is 0 Å². The van der Waals surface area contributed by atoms with Gasteiger partial charge in [-0.15, -0.1) is 0 Å². The molecular weight excluding hydrogens is 485 g/mol. The third kappa shape index (κ3) is 6.19. The number of ether oxygens (including phenoxy) is 1. The monoisotopic (exact) mass is 513 g/mol. The Hall–Kier alpha value is -2.96. The van der Waals surface area contributed by atoms with E-state index in [1.54, 1.807) is 12.3 Å². The maximum Gasteiger partial charge on any atom is 0.407 e. The van der Waals surface area contributed by atoms with Gasteiger partial charge in [0.25, 0.3) is 0 Å². The molecule has 0 fully saturated rings. The molecule has 184 valence electrons. The first kappa shape index (κ1) is 25.1. The Morgan fingerprint density at radius 2 is 1.69 bits per heavy atom. The fourth-order valence-corrected chi connectivity index (χ4v) is 4.66. The molecule has 0 bridgehead atoms. The average Bonchev–Trinajstić information content (AvgIpc) is 3.38. The molecule has 4 rings (SSSR count). The van der Waals surface area contributed by atoms with Gasteiger partial charge in [-0.3, -0.25) is 4.79 Å². The van der Waals surface area contributed by atoms with Crippen LogP contribution < -0.4 is 5.32 Å². The highest BCUT2D eigenvalue weighted by Gasteiger charge is 2.21. The lowest BCUT2D eigenvalue weighted by Gasteiger charge is -2.22. The minimum Gasteiger partial charge on any atom is -0.444 e. The lowest BCUT2D eigenvalue weighted by Crippen LogP contribution is -2.34. The average molecular weight is 514 g/mol. The second kappa shape index (κ2) is 10.3. The summed E-state index contributed by atoms with van der Waals surface area (Å²) in [7, 11) is 0. The summed E-state index contributed by atoms with van der Waals surface area (Å²) in [6.07, 6.45) is 4.98. The van der Waals surface area contributed by atoms with Crippen molar-refractivity contribution in [3.05, 3.63) is 70.0 Å². The zero-order valence-corrected chi connectivity index (χ0v) is 21.5. The molecule has 0 aliphatic rings. The highest BCUT2D eigenvalue weighted by atomic mass is 35.5. The number of Topliss-reactive ketones (excluding diaryl/α,β-unsaturated/α-hetero) is 1. The molecule has 6 nitrogen and oxygen atoms in total. The van der Waals surface area contributed by atoms with Crippen molar-refractivity contribution in [3.63, 3.8) is 0 Å². The van der Waals surface area contributed by atoms with Crippen molar-refractivity contribution in [1.82, 2.24) is 15.3 Å². The second-order valence-electron chi connectivity index (χ2n) is 9.72. The Morgan fingerprint density at radius 1 is 0.971 bits per heavy atom. The minimum absolute atomic E-state index is 0.0238. The number of fused-ring (bicyclic) bond motifs is 2. The molecule has 0 radical (unpaired) electrons.